The van der Waals surface area contributed by atoms with E-state index in [1.165, 1.54) is 29.1 Å². The molecule has 1 saturated heterocycles. The molecule has 2 aromatic heterocycles. The number of benzene rings is 1. The quantitative estimate of drug-likeness (QED) is 0.442. The van der Waals surface area contributed by atoms with E-state index in [1.54, 1.807) is 24.7 Å². The molecule has 3 aromatic rings. The number of ether oxygens (including phenoxy) is 1. The van der Waals surface area contributed by atoms with Crippen LogP contribution in [0.3, 0.4) is 0 Å². The molecule has 0 unspecified atom stereocenters. The lowest BCUT2D eigenvalue weighted by Crippen LogP contribution is -2.64. The first-order valence-corrected chi connectivity index (χ1v) is 11.8. The summed E-state index contributed by atoms with van der Waals surface area (Å²) < 4.78 is 10.1. The first kappa shape index (κ1) is 22.1. The molecular formula is C25H29N5O5. The van der Waals surface area contributed by atoms with Crippen LogP contribution in [0.4, 0.5) is 0 Å². The van der Waals surface area contributed by atoms with Gasteiger partial charge in [0.05, 0.1) is 6.33 Å². The maximum Gasteiger partial charge on any atom is 0.332 e. The number of aliphatic hydroxyl groups is 1. The second-order valence-electron chi connectivity index (χ2n) is 10.2. The number of nitrogens with zero attached hydrogens (tertiary/aromatic N) is 5. The summed E-state index contributed by atoms with van der Waals surface area (Å²) in [6, 6.07) is 4.23. The third-order valence-corrected chi connectivity index (χ3v) is 8.47. The molecule has 184 valence electrons. The van der Waals surface area contributed by atoms with Crippen molar-refractivity contribution in [1.29, 1.82) is 0 Å². The van der Waals surface area contributed by atoms with E-state index in [0.29, 0.717) is 28.9 Å². The molecule has 2 aliphatic heterocycles. The van der Waals surface area contributed by atoms with Crippen LogP contribution >= 0.6 is 0 Å². The smallest absolute Gasteiger partial charge is 0.332 e. The Morgan fingerprint density at radius 2 is 1.89 bits per heavy atom. The molecule has 0 radical (unpaired) electrons. The average molecular weight is 480 g/mol. The van der Waals surface area contributed by atoms with Crippen LogP contribution in [0, 0.1) is 5.92 Å². The van der Waals surface area contributed by atoms with Crippen LogP contribution in [0.1, 0.15) is 17.5 Å². The van der Waals surface area contributed by atoms with Crippen LogP contribution in [0.5, 0.6) is 11.5 Å². The Balaban J connectivity index is 0.000000143. The number of hydrogen-bond acceptors (Lipinski definition) is 7. The van der Waals surface area contributed by atoms with Gasteiger partial charge in [0.15, 0.2) is 22.7 Å². The Kier molecular flexibility index (Phi) is 4.62. The van der Waals surface area contributed by atoms with Gasteiger partial charge in [-0.15, -0.1) is 0 Å². The molecule has 1 fully saturated rings. The second-order valence-corrected chi connectivity index (χ2v) is 10.2. The normalized spacial score (nSPS) is 30.0. The van der Waals surface area contributed by atoms with Gasteiger partial charge >= 0.3 is 5.69 Å². The highest BCUT2D eigenvalue weighted by atomic mass is 16.5. The van der Waals surface area contributed by atoms with Crippen molar-refractivity contribution in [1.82, 2.24) is 23.6 Å². The van der Waals surface area contributed by atoms with Gasteiger partial charge in [-0.3, -0.25) is 13.9 Å². The number of aryl methyl sites for hydroxylation is 2. The van der Waals surface area contributed by atoms with E-state index in [2.05, 4.69) is 23.0 Å². The molecule has 1 spiro atoms. The molecular weight excluding hydrogens is 450 g/mol. The number of phenols is 1. The van der Waals surface area contributed by atoms with E-state index in [-0.39, 0.29) is 28.5 Å². The number of aliphatic hydroxyl groups excluding tert-OH is 1. The van der Waals surface area contributed by atoms with E-state index >= 15 is 0 Å². The molecule has 4 aliphatic rings. The Hall–Kier alpha value is -3.37. The second kappa shape index (κ2) is 7.32. The molecule has 10 heteroatoms. The Labute approximate surface area is 201 Å². The number of likely N-dealkylation sites (N-methyl/N-ethyl adjacent to an activating group) is 1. The minimum atomic E-state index is -0.594. The molecule has 0 amide bonds. The molecule has 5 atom stereocenters. The van der Waals surface area contributed by atoms with Crippen molar-refractivity contribution in [3.63, 3.8) is 0 Å². The van der Waals surface area contributed by atoms with Crippen LogP contribution in [-0.4, -0.2) is 65.6 Å². The zero-order valence-corrected chi connectivity index (χ0v) is 20.2. The van der Waals surface area contributed by atoms with E-state index in [0.717, 1.165) is 24.0 Å². The molecule has 2 aliphatic carbocycles. The van der Waals surface area contributed by atoms with Crippen molar-refractivity contribution in [3.05, 3.63) is 62.6 Å². The van der Waals surface area contributed by atoms with Crippen molar-refractivity contribution in [2.75, 3.05) is 13.6 Å². The standard InChI is InChI=1S/C17H19NO3.C8H10N4O2/c1-18-7-6-17-10-3-5-13(20)16(17)21-15-12(19)4-2-9(14(15)17)8-11(10)18;1-10-4-9-6-5(10)7(13)12(3)8(14)11(6)2/h2-5,10-11,13,16,19-20H,6-8H2,1H3;4H,1-3H3/t10-,11+,13-,16-,17-;/m0./s1. The lowest BCUT2D eigenvalue weighted by atomic mass is 9.53. The van der Waals surface area contributed by atoms with E-state index in [1.807, 2.05) is 12.1 Å². The molecule has 35 heavy (non-hydrogen) atoms. The minimum absolute atomic E-state index is 0.160. The van der Waals surface area contributed by atoms with Gasteiger partial charge in [0.25, 0.3) is 5.56 Å². The fourth-order valence-electron chi connectivity index (χ4n) is 6.71. The van der Waals surface area contributed by atoms with Gasteiger partial charge in [-0.05, 0) is 38.1 Å². The maximum absolute atomic E-state index is 11.7. The fourth-order valence-corrected chi connectivity index (χ4v) is 6.71. The summed E-state index contributed by atoms with van der Waals surface area (Å²) in [5, 5.41) is 20.6. The van der Waals surface area contributed by atoms with E-state index in [9.17, 15) is 19.8 Å². The lowest BCUT2D eigenvalue weighted by Gasteiger charge is -2.56. The van der Waals surface area contributed by atoms with E-state index < -0.39 is 6.10 Å². The number of aromatic nitrogens is 4. The summed E-state index contributed by atoms with van der Waals surface area (Å²) in [6.45, 7) is 1.01. The number of piperidine rings is 1. The zero-order chi connectivity index (χ0) is 24.8. The van der Waals surface area contributed by atoms with Crippen LogP contribution < -0.4 is 16.0 Å². The average Bonchev–Trinajstić information content (AvgIpc) is 3.40. The highest BCUT2D eigenvalue weighted by molar-refractivity contribution is 5.69. The predicted octanol–water partition coefficient (Wildman–Crippen LogP) is 0.169. The fraction of sp³-hybridized carbons (Fsp3) is 0.480. The van der Waals surface area contributed by atoms with Gasteiger partial charge in [0, 0.05) is 44.1 Å². The monoisotopic (exact) mass is 479 g/mol. The van der Waals surface area contributed by atoms with Crippen LogP contribution in [0.15, 0.2) is 40.2 Å². The molecule has 10 nitrogen and oxygen atoms in total. The summed E-state index contributed by atoms with van der Waals surface area (Å²) in [6.07, 6.45) is 6.70. The zero-order valence-electron chi connectivity index (χ0n) is 20.2. The topological polar surface area (TPSA) is 115 Å². The van der Waals surface area contributed by atoms with Gasteiger partial charge in [-0.25, -0.2) is 9.78 Å². The first-order chi connectivity index (χ1) is 16.7. The number of rotatable bonds is 0. The van der Waals surface area contributed by atoms with Gasteiger partial charge in [0.2, 0.25) is 0 Å². The predicted molar refractivity (Wildman–Crippen MR) is 129 cm³/mol. The third-order valence-electron chi connectivity index (χ3n) is 8.47. The van der Waals surface area contributed by atoms with Gasteiger partial charge in [-0.2, -0.15) is 0 Å². The Morgan fingerprint density at radius 1 is 1.11 bits per heavy atom. The van der Waals surface area contributed by atoms with Gasteiger partial charge in [-0.1, -0.05) is 18.2 Å². The van der Waals surface area contributed by atoms with Crippen molar-refractivity contribution in [2.45, 2.75) is 36.5 Å². The van der Waals surface area contributed by atoms with E-state index in [4.69, 9.17) is 4.74 Å². The molecule has 2 N–H and O–H groups in total. The number of aromatic hydroxyl groups is 1. The van der Waals surface area contributed by atoms with Crippen molar-refractivity contribution in [3.8, 4) is 11.5 Å². The number of hydrogen-bond donors (Lipinski definition) is 2. The summed E-state index contributed by atoms with van der Waals surface area (Å²) in [5.74, 6) is 1.19. The highest BCUT2D eigenvalue weighted by Crippen LogP contribution is 2.62. The van der Waals surface area contributed by atoms with Crippen LogP contribution in [0.2, 0.25) is 0 Å². The number of fused-ring (bicyclic) bond motifs is 1. The van der Waals surface area contributed by atoms with Crippen molar-refractivity contribution < 1.29 is 14.9 Å². The summed E-state index contributed by atoms with van der Waals surface area (Å²) in [4.78, 5) is 29.6. The number of likely N-dealkylation sites (tertiary alicyclic amines) is 1. The Morgan fingerprint density at radius 3 is 2.66 bits per heavy atom. The summed E-state index contributed by atoms with van der Waals surface area (Å²) in [7, 11) is 6.96. The summed E-state index contributed by atoms with van der Waals surface area (Å²) in [5.41, 5.74) is 2.47. The van der Waals surface area contributed by atoms with Gasteiger partial charge in [0.1, 0.15) is 12.2 Å². The molecule has 7 rings (SSSR count). The maximum atomic E-state index is 11.7. The SMILES string of the molecule is CN1CC[C@]23c4c5ccc(O)c4O[C@H]2[C@@H](O)C=C[C@H]3[C@H]1C5.Cn1c(=O)c2c(ncn2C)n(C)c1=O. The molecule has 1 aromatic carbocycles. The number of phenolic OH excluding ortho intramolecular Hbond substituents is 1. The molecule has 4 heterocycles. The highest BCUT2D eigenvalue weighted by Gasteiger charge is 2.64. The largest absolute Gasteiger partial charge is 0.504 e. The first-order valence-electron chi connectivity index (χ1n) is 11.8. The van der Waals surface area contributed by atoms with Crippen molar-refractivity contribution in [2.24, 2.45) is 27.1 Å². The molecule has 0 saturated carbocycles. The summed E-state index contributed by atoms with van der Waals surface area (Å²) >= 11 is 0. The molecule has 2 bridgehead atoms. The van der Waals surface area contributed by atoms with Gasteiger partial charge < -0.3 is 24.4 Å². The third kappa shape index (κ3) is 2.75. The lowest BCUT2D eigenvalue weighted by molar-refractivity contribution is -0.0453. The Bertz CT molecular complexity index is 1520. The minimum Gasteiger partial charge on any atom is -0.504 e. The van der Waals surface area contributed by atoms with Crippen LogP contribution in [-0.2, 0) is 33.0 Å². The number of imidazole rings is 1. The van der Waals surface area contributed by atoms with Crippen LogP contribution in [0.25, 0.3) is 11.2 Å². The van der Waals surface area contributed by atoms with Crippen molar-refractivity contribution >= 4 is 11.2 Å².